The SMILES string of the molecule is CN=C(N)NC1CCN(c2cc(OC)cc(OC)c2)C1.I. The summed E-state index contributed by atoms with van der Waals surface area (Å²) in [5, 5.41) is 3.21. The van der Waals surface area contributed by atoms with E-state index in [9.17, 15) is 0 Å². The van der Waals surface area contributed by atoms with Gasteiger partial charge in [-0.1, -0.05) is 0 Å². The van der Waals surface area contributed by atoms with Crippen LogP contribution in [0.25, 0.3) is 0 Å². The molecule has 0 aromatic heterocycles. The van der Waals surface area contributed by atoms with Crippen LogP contribution in [0.4, 0.5) is 5.69 Å². The Kier molecular flexibility index (Phi) is 6.86. The summed E-state index contributed by atoms with van der Waals surface area (Å²) >= 11 is 0. The predicted molar refractivity (Wildman–Crippen MR) is 96.3 cm³/mol. The number of halogens is 1. The molecular weight excluding hydrogens is 383 g/mol. The molecule has 118 valence electrons. The van der Waals surface area contributed by atoms with Gasteiger partial charge >= 0.3 is 0 Å². The van der Waals surface area contributed by atoms with E-state index in [0.29, 0.717) is 12.0 Å². The standard InChI is InChI=1S/C14H22N4O2.HI/c1-16-14(15)17-10-4-5-18(9-10)11-6-12(19-2)8-13(7-11)20-3;/h6-8,10H,4-5,9H2,1-3H3,(H3,15,16,17);1H. The highest BCUT2D eigenvalue weighted by atomic mass is 127. The minimum absolute atomic E-state index is 0. The molecule has 0 radical (unpaired) electrons. The van der Waals surface area contributed by atoms with Crippen LogP contribution in [0.2, 0.25) is 0 Å². The van der Waals surface area contributed by atoms with E-state index in [2.05, 4.69) is 15.2 Å². The number of ether oxygens (including phenoxy) is 2. The number of methoxy groups -OCH3 is 2. The second kappa shape index (κ2) is 8.16. The van der Waals surface area contributed by atoms with Gasteiger partial charge in [0.15, 0.2) is 5.96 Å². The number of hydrogen-bond acceptors (Lipinski definition) is 4. The van der Waals surface area contributed by atoms with Crippen molar-refractivity contribution < 1.29 is 9.47 Å². The van der Waals surface area contributed by atoms with Gasteiger partial charge in [-0.2, -0.15) is 0 Å². The Hall–Kier alpha value is -1.38. The fourth-order valence-electron chi connectivity index (χ4n) is 2.36. The molecule has 0 spiro atoms. The average molecular weight is 406 g/mol. The van der Waals surface area contributed by atoms with Crippen LogP contribution in [-0.4, -0.2) is 46.4 Å². The first-order valence-electron chi connectivity index (χ1n) is 6.63. The lowest BCUT2D eigenvalue weighted by atomic mass is 10.2. The lowest BCUT2D eigenvalue weighted by Crippen LogP contribution is -2.41. The first-order valence-corrected chi connectivity index (χ1v) is 6.63. The molecule has 1 aromatic carbocycles. The molecule has 1 heterocycles. The van der Waals surface area contributed by atoms with E-state index in [4.69, 9.17) is 15.2 Å². The van der Waals surface area contributed by atoms with E-state index >= 15 is 0 Å². The molecule has 1 saturated heterocycles. The number of anilines is 1. The third-order valence-corrected chi connectivity index (χ3v) is 3.48. The minimum Gasteiger partial charge on any atom is -0.497 e. The van der Waals surface area contributed by atoms with Gasteiger partial charge in [-0.15, -0.1) is 24.0 Å². The van der Waals surface area contributed by atoms with Gasteiger partial charge in [-0.05, 0) is 6.42 Å². The number of benzene rings is 1. The number of nitrogens with one attached hydrogen (secondary N) is 1. The monoisotopic (exact) mass is 406 g/mol. The molecule has 0 amide bonds. The van der Waals surface area contributed by atoms with Crippen LogP contribution in [0, 0.1) is 0 Å². The minimum atomic E-state index is 0. The Balaban J connectivity index is 0.00000220. The molecule has 1 aromatic rings. The lowest BCUT2D eigenvalue weighted by molar-refractivity contribution is 0.394. The largest absolute Gasteiger partial charge is 0.497 e. The van der Waals surface area contributed by atoms with Crippen molar-refractivity contribution in [3.8, 4) is 11.5 Å². The van der Waals surface area contributed by atoms with Gasteiger partial charge in [0, 0.05) is 50.1 Å². The van der Waals surface area contributed by atoms with Gasteiger partial charge in [0.2, 0.25) is 0 Å². The van der Waals surface area contributed by atoms with Crippen molar-refractivity contribution in [2.24, 2.45) is 10.7 Å². The third-order valence-electron chi connectivity index (χ3n) is 3.48. The van der Waals surface area contributed by atoms with E-state index in [1.54, 1.807) is 21.3 Å². The van der Waals surface area contributed by atoms with Gasteiger partial charge in [0.25, 0.3) is 0 Å². The summed E-state index contributed by atoms with van der Waals surface area (Å²) in [6, 6.07) is 6.22. The molecule has 0 aliphatic carbocycles. The second-order valence-electron chi connectivity index (χ2n) is 4.76. The molecule has 7 heteroatoms. The van der Waals surface area contributed by atoms with E-state index in [1.807, 2.05) is 18.2 Å². The molecule has 0 bridgehead atoms. The highest BCUT2D eigenvalue weighted by Crippen LogP contribution is 2.30. The predicted octanol–water partition coefficient (Wildman–Crippen LogP) is 1.43. The lowest BCUT2D eigenvalue weighted by Gasteiger charge is -2.20. The van der Waals surface area contributed by atoms with Gasteiger partial charge in [0.05, 0.1) is 14.2 Å². The number of hydrogen-bond donors (Lipinski definition) is 2. The quantitative estimate of drug-likeness (QED) is 0.450. The molecule has 1 unspecified atom stereocenters. The van der Waals surface area contributed by atoms with Crippen LogP contribution in [0.5, 0.6) is 11.5 Å². The zero-order chi connectivity index (χ0) is 14.5. The Morgan fingerprint density at radius 1 is 1.29 bits per heavy atom. The van der Waals surface area contributed by atoms with E-state index in [1.165, 1.54) is 0 Å². The topological polar surface area (TPSA) is 72.1 Å². The fraction of sp³-hybridized carbons (Fsp3) is 0.500. The maximum Gasteiger partial charge on any atom is 0.188 e. The van der Waals surface area contributed by atoms with E-state index in [0.717, 1.165) is 36.7 Å². The second-order valence-corrected chi connectivity index (χ2v) is 4.76. The summed E-state index contributed by atoms with van der Waals surface area (Å²) in [5.74, 6) is 2.08. The maximum absolute atomic E-state index is 5.71. The molecular formula is C14H23IN4O2. The van der Waals surface area contributed by atoms with Crippen LogP contribution in [0.15, 0.2) is 23.2 Å². The molecule has 1 atom stereocenters. The van der Waals surface area contributed by atoms with E-state index < -0.39 is 0 Å². The number of nitrogens with zero attached hydrogens (tertiary/aromatic N) is 2. The molecule has 3 N–H and O–H groups in total. The smallest absolute Gasteiger partial charge is 0.188 e. The zero-order valence-electron chi connectivity index (χ0n) is 12.6. The molecule has 1 aliphatic heterocycles. The summed E-state index contributed by atoms with van der Waals surface area (Å²) in [4.78, 5) is 6.21. The Labute approximate surface area is 142 Å². The van der Waals surface area contributed by atoms with Gasteiger partial charge in [0.1, 0.15) is 11.5 Å². The molecule has 0 saturated carbocycles. The van der Waals surface area contributed by atoms with Crippen molar-refractivity contribution in [3.63, 3.8) is 0 Å². The van der Waals surface area contributed by atoms with Crippen molar-refractivity contribution in [2.75, 3.05) is 39.3 Å². The summed E-state index contributed by atoms with van der Waals surface area (Å²) in [6.45, 7) is 1.84. The first kappa shape index (κ1) is 17.7. The van der Waals surface area contributed by atoms with Gasteiger partial charge in [-0.3, -0.25) is 4.99 Å². The fourth-order valence-corrected chi connectivity index (χ4v) is 2.36. The van der Waals surface area contributed by atoms with Crippen molar-refractivity contribution >= 4 is 35.6 Å². The zero-order valence-corrected chi connectivity index (χ0v) is 15.0. The number of rotatable bonds is 4. The Bertz CT molecular complexity index is 474. The van der Waals surface area contributed by atoms with Crippen molar-refractivity contribution in [2.45, 2.75) is 12.5 Å². The van der Waals surface area contributed by atoms with Crippen LogP contribution >= 0.6 is 24.0 Å². The summed E-state index contributed by atoms with van der Waals surface area (Å²) in [7, 11) is 5.00. The highest BCUT2D eigenvalue weighted by Gasteiger charge is 2.23. The van der Waals surface area contributed by atoms with Gasteiger partial charge < -0.3 is 25.4 Å². The molecule has 6 nitrogen and oxygen atoms in total. The summed E-state index contributed by atoms with van der Waals surface area (Å²) in [6.07, 6.45) is 1.02. The Morgan fingerprint density at radius 3 is 2.43 bits per heavy atom. The third kappa shape index (κ3) is 4.55. The first-order chi connectivity index (χ1) is 9.66. The van der Waals surface area contributed by atoms with Crippen molar-refractivity contribution in [3.05, 3.63) is 18.2 Å². The summed E-state index contributed by atoms with van der Waals surface area (Å²) < 4.78 is 10.6. The molecule has 2 rings (SSSR count). The number of guanidine groups is 1. The highest BCUT2D eigenvalue weighted by molar-refractivity contribution is 14.0. The van der Waals surface area contributed by atoms with Crippen LogP contribution in [0.1, 0.15) is 6.42 Å². The van der Waals surface area contributed by atoms with Crippen molar-refractivity contribution in [1.82, 2.24) is 5.32 Å². The summed E-state index contributed by atoms with van der Waals surface area (Å²) in [5.41, 5.74) is 6.80. The Morgan fingerprint density at radius 2 is 1.90 bits per heavy atom. The molecule has 21 heavy (non-hydrogen) atoms. The average Bonchev–Trinajstić information content (AvgIpc) is 2.94. The van der Waals surface area contributed by atoms with Crippen LogP contribution in [0.3, 0.4) is 0 Å². The van der Waals surface area contributed by atoms with Crippen molar-refractivity contribution in [1.29, 1.82) is 0 Å². The molecule has 1 aliphatic rings. The van der Waals surface area contributed by atoms with Crippen LogP contribution < -0.4 is 25.4 Å². The maximum atomic E-state index is 5.71. The normalized spacial score (nSPS) is 18.1. The number of aliphatic imine (C=N–C) groups is 1. The van der Waals surface area contributed by atoms with E-state index in [-0.39, 0.29) is 24.0 Å². The number of nitrogens with two attached hydrogens (primary N) is 1. The molecule has 1 fully saturated rings. The van der Waals surface area contributed by atoms with Crippen LogP contribution in [-0.2, 0) is 0 Å². The van der Waals surface area contributed by atoms with Gasteiger partial charge in [-0.25, -0.2) is 0 Å².